The summed E-state index contributed by atoms with van der Waals surface area (Å²) in [5, 5.41) is 3.15. The van der Waals surface area contributed by atoms with Crippen LogP contribution in [0.25, 0.3) is 0 Å². The van der Waals surface area contributed by atoms with Crippen LogP contribution < -0.4 is 5.32 Å². The number of aromatic nitrogens is 1. The second kappa shape index (κ2) is 5.65. The molecule has 5 heteroatoms. The summed E-state index contributed by atoms with van der Waals surface area (Å²) in [5.41, 5.74) is 2.30. The minimum Gasteiger partial charge on any atom is -0.378 e. The van der Waals surface area contributed by atoms with Crippen molar-refractivity contribution in [1.29, 1.82) is 0 Å². The number of aryl methyl sites for hydroxylation is 1. The molecule has 1 aromatic heterocycles. The van der Waals surface area contributed by atoms with Crippen LogP contribution in [0, 0.1) is 18.6 Å². The van der Waals surface area contributed by atoms with Gasteiger partial charge >= 0.3 is 0 Å². The Kier molecular flexibility index (Phi) is 4.14. The molecule has 2 aromatic rings. The van der Waals surface area contributed by atoms with E-state index in [1.165, 1.54) is 12.1 Å². The van der Waals surface area contributed by atoms with Crippen molar-refractivity contribution in [2.75, 3.05) is 5.32 Å². The molecule has 0 saturated heterocycles. The number of hydrogen-bond donors (Lipinski definition) is 1. The van der Waals surface area contributed by atoms with Crippen molar-refractivity contribution < 1.29 is 8.78 Å². The highest BCUT2D eigenvalue weighted by atomic mass is 79.9. The zero-order chi connectivity index (χ0) is 14.0. The Balaban J connectivity index is 2.24. The van der Waals surface area contributed by atoms with Crippen molar-refractivity contribution in [3.05, 3.63) is 57.8 Å². The maximum atomic E-state index is 13.5. The van der Waals surface area contributed by atoms with E-state index >= 15 is 0 Å². The first-order valence-electron chi connectivity index (χ1n) is 5.80. The number of halogens is 3. The first kappa shape index (κ1) is 13.9. The zero-order valence-corrected chi connectivity index (χ0v) is 12.1. The van der Waals surface area contributed by atoms with E-state index < -0.39 is 0 Å². The highest BCUT2D eigenvalue weighted by Crippen LogP contribution is 2.27. The predicted molar refractivity (Wildman–Crippen MR) is 75.1 cm³/mol. The normalized spacial score (nSPS) is 12.3. The van der Waals surface area contributed by atoms with Crippen LogP contribution in [0.1, 0.15) is 24.1 Å². The summed E-state index contributed by atoms with van der Waals surface area (Å²) in [6, 6.07) is 4.37. The molecule has 0 radical (unpaired) electrons. The molecule has 0 aliphatic heterocycles. The SMILES string of the molecule is Cc1cc(Br)c(F)cc1NC(C)c1cncc(F)c1. The van der Waals surface area contributed by atoms with Crippen molar-refractivity contribution in [1.82, 2.24) is 4.98 Å². The number of rotatable bonds is 3. The predicted octanol–water partition coefficient (Wildman–Crippen LogP) is 4.60. The molecule has 1 N–H and O–H groups in total. The van der Waals surface area contributed by atoms with Gasteiger partial charge in [-0.2, -0.15) is 0 Å². The maximum Gasteiger partial charge on any atom is 0.141 e. The number of nitrogens with one attached hydrogen (secondary N) is 1. The van der Waals surface area contributed by atoms with E-state index in [1.807, 2.05) is 13.8 Å². The molecule has 2 nitrogen and oxygen atoms in total. The third kappa shape index (κ3) is 3.29. The topological polar surface area (TPSA) is 24.9 Å². The van der Waals surface area contributed by atoms with Crippen molar-refractivity contribution >= 4 is 21.6 Å². The summed E-state index contributed by atoms with van der Waals surface area (Å²) in [4.78, 5) is 3.80. The Morgan fingerprint density at radius 2 is 1.95 bits per heavy atom. The average Bonchev–Trinajstić information content (AvgIpc) is 2.36. The lowest BCUT2D eigenvalue weighted by Crippen LogP contribution is -2.08. The van der Waals surface area contributed by atoms with Crippen LogP contribution in [0.4, 0.5) is 14.5 Å². The number of hydrogen-bond acceptors (Lipinski definition) is 2. The Hall–Kier alpha value is -1.49. The Morgan fingerprint density at radius 3 is 2.63 bits per heavy atom. The van der Waals surface area contributed by atoms with E-state index in [-0.39, 0.29) is 17.7 Å². The van der Waals surface area contributed by atoms with Crippen LogP contribution in [0.2, 0.25) is 0 Å². The third-order valence-corrected chi connectivity index (χ3v) is 3.47. The van der Waals surface area contributed by atoms with E-state index in [0.717, 1.165) is 11.8 Å². The monoisotopic (exact) mass is 326 g/mol. The van der Waals surface area contributed by atoms with Gasteiger partial charge in [0.05, 0.1) is 16.7 Å². The van der Waals surface area contributed by atoms with Crippen molar-refractivity contribution in [2.24, 2.45) is 0 Å². The molecule has 100 valence electrons. The summed E-state index contributed by atoms with van der Waals surface area (Å²) in [5.74, 6) is -0.720. The highest BCUT2D eigenvalue weighted by molar-refractivity contribution is 9.10. The molecule has 0 fully saturated rings. The average molecular weight is 327 g/mol. The van der Waals surface area contributed by atoms with Gasteiger partial charge in [-0.25, -0.2) is 8.78 Å². The molecule has 0 bridgehead atoms. The summed E-state index contributed by atoms with van der Waals surface area (Å²) in [6.45, 7) is 3.75. The van der Waals surface area contributed by atoms with Crippen LogP contribution in [-0.2, 0) is 0 Å². The van der Waals surface area contributed by atoms with Crippen LogP contribution in [-0.4, -0.2) is 4.98 Å². The van der Waals surface area contributed by atoms with Crippen LogP contribution in [0.5, 0.6) is 0 Å². The fourth-order valence-corrected chi connectivity index (χ4v) is 2.24. The number of pyridine rings is 1. The van der Waals surface area contributed by atoms with Crippen LogP contribution in [0.15, 0.2) is 35.1 Å². The van der Waals surface area contributed by atoms with E-state index in [1.54, 1.807) is 12.3 Å². The van der Waals surface area contributed by atoms with Gasteiger partial charge in [-0.05, 0) is 59.1 Å². The van der Waals surface area contributed by atoms with E-state index in [2.05, 4.69) is 26.2 Å². The van der Waals surface area contributed by atoms with Gasteiger partial charge < -0.3 is 5.32 Å². The van der Waals surface area contributed by atoms with Gasteiger partial charge in [0.1, 0.15) is 11.6 Å². The van der Waals surface area contributed by atoms with Gasteiger partial charge in [-0.15, -0.1) is 0 Å². The molecule has 2 rings (SSSR count). The molecule has 1 atom stereocenters. The number of nitrogens with zero attached hydrogens (tertiary/aromatic N) is 1. The molecule has 0 amide bonds. The van der Waals surface area contributed by atoms with E-state index in [4.69, 9.17) is 0 Å². The van der Waals surface area contributed by atoms with Gasteiger partial charge in [0.15, 0.2) is 0 Å². The van der Waals surface area contributed by atoms with Gasteiger partial charge in [0.2, 0.25) is 0 Å². The van der Waals surface area contributed by atoms with E-state index in [0.29, 0.717) is 15.7 Å². The molecule has 1 heterocycles. The van der Waals surface area contributed by atoms with Crippen molar-refractivity contribution in [3.8, 4) is 0 Å². The molecule has 1 aromatic carbocycles. The first-order chi connectivity index (χ1) is 8.97. The Labute approximate surface area is 119 Å². The fraction of sp³-hybridized carbons (Fsp3) is 0.214. The van der Waals surface area contributed by atoms with Gasteiger partial charge in [0, 0.05) is 11.9 Å². The highest BCUT2D eigenvalue weighted by Gasteiger charge is 2.10. The smallest absolute Gasteiger partial charge is 0.141 e. The molecular weight excluding hydrogens is 314 g/mol. The lowest BCUT2D eigenvalue weighted by atomic mass is 10.1. The molecule has 1 unspecified atom stereocenters. The molecule has 0 saturated carbocycles. The van der Waals surface area contributed by atoms with Crippen LogP contribution in [0.3, 0.4) is 0 Å². The molecule has 19 heavy (non-hydrogen) atoms. The minimum atomic E-state index is -0.384. The quantitative estimate of drug-likeness (QED) is 0.891. The summed E-state index contributed by atoms with van der Waals surface area (Å²) in [7, 11) is 0. The maximum absolute atomic E-state index is 13.5. The van der Waals surface area contributed by atoms with Gasteiger partial charge in [0.25, 0.3) is 0 Å². The molecular formula is C14H13BrF2N2. The lowest BCUT2D eigenvalue weighted by Gasteiger charge is -2.17. The second-order valence-electron chi connectivity index (χ2n) is 4.38. The van der Waals surface area contributed by atoms with Crippen LogP contribution >= 0.6 is 15.9 Å². The standard InChI is InChI=1S/C14H13BrF2N2/c1-8-3-12(15)13(17)5-14(8)19-9(2)10-4-11(16)7-18-6-10/h3-7,9,19H,1-2H3. The summed E-state index contributed by atoms with van der Waals surface area (Å²) >= 11 is 3.14. The second-order valence-corrected chi connectivity index (χ2v) is 5.24. The number of benzene rings is 1. The van der Waals surface area contributed by atoms with Crippen molar-refractivity contribution in [2.45, 2.75) is 19.9 Å². The first-order valence-corrected chi connectivity index (χ1v) is 6.59. The third-order valence-electron chi connectivity index (χ3n) is 2.87. The summed E-state index contributed by atoms with van der Waals surface area (Å²) < 4.78 is 27.0. The lowest BCUT2D eigenvalue weighted by molar-refractivity contribution is 0.615. The largest absolute Gasteiger partial charge is 0.378 e. The van der Waals surface area contributed by atoms with Gasteiger partial charge in [-0.1, -0.05) is 0 Å². The Morgan fingerprint density at radius 1 is 1.21 bits per heavy atom. The molecule has 0 spiro atoms. The summed E-state index contributed by atoms with van der Waals surface area (Å²) in [6.07, 6.45) is 2.74. The minimum absolute atomic E-state index is 0.164. The van der Waals surface area contributed by atoms with Gasteiger partial charge in [-0.3, -0.25) is 4.98 Å². The molecule has 0 aliphatic rings. The number of anilines is 1. The zero-order valence-electron chi connectivity index (χ0n) is 10.5. The molecule has 0 aliphatic carbocycles. The Bertz CT molecular complexity index is 602. The fourth-order valence-electron chi connectivity index (χ4n) is 1.78. The van der Waals surface area contributed by atoms with E-state index in [9.17, 15) is 8.78 Å². The van der Waals surface area contributed by atoms with Crippen molar-refractivity contribution in [3.63, 3.8) is 0 Å².